The molecule has 0 saturated heterocycles. The van der Waals surface area contributed by atoms with Crippen LogP contribution >= 0.6 is 0 Å². The number of aryl methyl sites for hydroxylation is 1. The van der Waals surface area contributed by atoms with E-state index in [0.717, 1.165) is 12.0 Å². The number of hydrogen-bond acceptors (Lipinski definition) is 2. The molecule has 4 nitrogen and oxygen atoms in total. The van der Waals surface area contributed by atoms with E-state index in [9.17, 15) is 9.59 Å². The predicted octanol–water partition coefficient (Wildman–Crippen LogP) is 3.06. The molecule has 2 aromatic rings. The fourth-order valence-electron chi connectivity index (χ4n) is 2.10. The van der Waals surface area contributed by atoms with Crippen LogP contribution in [0.25, 0.3) is 0 Å². The molecule has 0 aliphatic rings. The molecule has 0 heterocycles. The van der Waals surface area contributed by atoms with Crippen molar-refractivity contribution in [2.75, 3.05) is 5.32 Å². The topological polar surface area (TPSA) is 58.2 Å². The molecule has 0 saturated carbocycles. The fourth-order valence-corrected chi connectivity index (χ4v) is 2.10. The zero-order valence-electron chi connectivity index (χ0n) is 12.8. The first-order valence-electron chi connectivity index (χ1n) is 7.36. The van der Waals surface area contributed by atoms with Crippen molar-refractivity contribution in [3.05, 3.63) is 65.7 Å². The van der Waals surface area contributed by atoms with E-state index in [1.54, 1.807) is 12.1 Å². The quantitative estimate of drug-likeness (QED) is 0.852. The first-order valence-corrected chi connectivity index (χ1v) is 7.36. The van der Waals surface area contributed by atoms with Crippen molar-refractivity contribution in [2.45, 2.75) is 26.3 Å². The van der Waals surface area contributed by atoms with E-state index in [2.05, 4.69) is 17.6 Å². The molecule has 114 valence electrons. The number of rotatable bonds is 4. The van der Waals surface area contributed by atoms with E-state index >= 15 is 0 Å². The van der Waals surface area contributed by atoms with Gasteiger partial charge in [0, 0.05) is 5.69 Å². The van der Waals surface area contributed by atoms with Crippen LogP contribution in [0.2, 0.25) is 0 Å². The molecule has 2 aromatic carbocycles. The highest BCUT2D eigenvalue weighted by molar-refractivity contribution is 6.39. The Morgan fingerprint density at radius 1 is 0.955 bits per heavy atom. The molecule has 4 heteroatoms. The Balaban J connectivity index is 1.93. The SMILES string of the molecule is CCc1ccc(NC(=O)C(=O)N[C@H](C)c2ccccc2)cc1. The summed E-state index contributed by atoms with van der Waals surface area (Å²) in [5, 5.41) is 5.29. The summed E-state index contributed by atoms with van der Waals surface area (Å²) in [5.41, 5.74) is 2.75. The largest absolute Gasteiger partial charge is 0.341 e. The summed E-state index contributed by atoms with van der Waals surface area (Å²) in [6.45, 7) is 3.91. The molecule has 2 N–H and O–H groups in total. The van der Waals surface area contributed by atoms with Gasteiger partial charge < -0.3 is 10.6 Å². The van der Waals surface area contributed by atoms with Gasteiger partial charge in [0.05, 0.1) is 6.04 Å². The van der Waals surface area contributed by atoms with Crippen molar-refractivity contribution in [2.24, 2.45) is 0 Å². The number of hydrogen-bond donors (Lipinski definition) is 2. The van der Waals surface area contributed by atoms with Gasteiger partial charge in [-0.05, 0) is 36.6 Å². The monoisotopic (exact) mass is 296 g/mol. The molecule has 0 bridgehead atoms. The average molecular weight is 296 g/mol. The number of carbonyl (C=O) groups is 2. The second kappa shape index (κ2) is 7.41. The highest BCUT2D eigenvalue weighted by atomic mass is 16.2. The number of carbonyl (C=O) groups excluding carboxylic acids is 2. The summed E-state index contributed by atoms with van der Waals surface area (Å²) in [7, 11) is 0. The van der Waals surface area contributed by atoms with E-state index < -0.39 is 11.8 Å². The molecule has 22 heavy (non-hydrogen) atoms. The van der Waals surface area contributed by atoms with Gasteiger partial charge in [-0.15, -0.1) is 0 Å². The molecule has 2 amide bonds. The molecule has 0 aliphatic heterocycles. The van der Waals surface area contributed by atoms with Crippen molar-refractivity contribution in [1.82, 2.24) is 5.32 Å². The van der Waals surface area contributed by atoms with Gasteiger partial charge in [-0.1, -0.05) is 49.4 Å². The van der Waals surface area contributed by atoms with Gasteiger partial charge in [0.15, 0.2) is 0 Å². The minimum Gasteiger partial charge on any atom is -0.341 e. The molecule has 0 spiro atoms. The Kier molecular flexibility index (Phi) is 5.31. The number of nitrogens with one attached hydrogen (secondary N) is 2. The second-order valence-corrected chi connectivity index (χ2v) is 5.11. The maximum absolute atomic E-state index is 11.9. The van der Waals surface area contributed by atoms with Crippen LogP contribution in [0.4, 0.5) is 5.69 Å². The summed E-state index contributed by atoms with van der Waals surface area (Å²) in [6.07, 6.45) is 0.934. The van der Waals surface area contributed by atoms with E-state index in [-0.39, 0.29) is 6.04 Å². The molecular weight excluding hydrogens is 276 g/mol. The first kappa shape index (κ1) is 15.8. The maximum Gasteiger partial charge on any atom is 0.313 e. The number of benzene rings is 2. The standard InChI is InChI=1S/C18H20N2O2/c1-3-14-9-11-16(12-10-14)20-18(22)17(21)19-13(2)15-7-5-4-6-8-15/h4-13H,3H2,1-2H3,(H,19,21)(H,20,22)/t13-/m1/s1. The van der Waals surface area contributed by atoms with Gasteiger partial charge in [-0.2, -0.15) is 0 Å². The zero-order valence-corrected chi connectivity index (χ0v) is 12.8. The molecular formula is C18H20N2O2. The lowest BCUT2D eigenvalue weighted by Gasteiger charge is -2.14. The predicted molar refractivity (Wildman–Crippen MR) is 87.4 cm³/mol. The average Bonchev–Trinajstić information content (AvgIpc) is 2.56. The third-order valence-electron chi connectivity index (χ3n) is 3.47. The lowest BCUT2D eigenvalue weighted by Crippen LogP contribution is -2.36. The maximum atomic E-state index is 11.9. The summed E-state index contributed by atoms with van der Waals surface area (Å²) in [4.78, 5) is 23.8. The van der Waals surface area contributed by atoms with Gasteiger partial charge in [0.2, 0.25) is 0 Å². The lowest BCUT2D eigenvalue weighted by atomic mass is 10.1. The number of amides is 2. The van der Waals surface area contributed by atoms with Crippen molar-refractivity contribution in [3.8, 4) is 0 Å². The third kappa shape index (κ3) is 4.19. The van der Waals surface area contributed by atoms with Crippen LogP contribution in [0.3, 0.4) is 0 Å². The minimum absolute atomic E-state index is 0.220. The van der Waals surface area contributed by atoms with Crippen molar-refractivity contribution >= 4 is 17.5 Å². The highest BCUT2D eigenvalue weighted by Gasteiger charge is 2.16. The van der Waals surface area contributed by atoms with Crippen LogP contribution < -0.4 is 10.6 Å². The fraction of sp³-hybridized carbons (Fsp3) is 0.222. The second-order valence-electron chi connectivity index (χ2n) is 5.11. The van der Waals surface area contributed by atoms with Crippen LogP contribution in [-0.4, -0.2) is 11.8 Å². The van der Waals surface area contributed by atoms with Crippen molar-refractivity contribution < 1.29 is 9.59 Å². The Hall–Kier alpha value is -2.62. The van der Waals surface area contributed by atoms with Crippen LogP contribution in [0.5, 0.6) is 0 Å². The summed E-state index contributed by atoms with van der Waals surface area (Å²) >= 11 is 0. The molecule has 1 atom stereocenters. The third-order valence-corrected chi connectivity index (χ3v) is 3.47. The molecule has 0 fully saturated rings. The van der Waals surface area contributed by atoms with Gasteiger partial charge in [0.1, 0.15) is 0 Å². The van der Waals surface area contributed by atoms with Crippen LogP contribution in [0, 0.1) is 0 Å². The minimum atomic E-state index is -0.660. The summed E-state index contributed by atoms with van der Waals surface area (Å²) < 4.78 is 0. The Bertz CT molecular complexity index is 636. The smallest absolute Gasteiger partial charge is 0.313 e. The molecule has 2 rings (SSSR count). The van der Waals surface area contributed by atoms with Crippen LogP contribution in [0.1, 0.15) is 31.0 Å². The zero-order chi connectivity index (χ0) is 15.9. The summed E-state index contributed by atoms with van der Waals surface area (Å²) in [5.74, 6) is -1.30. The lowest BCUT2D eigenvalue weighted by molar-refractivity contribution is -0.136. The normalized spacial score (nSPS) is 11.5. The molecule has 0 radical (unpaired) electrons. The van der Waals surface area contributed by atoms with Gasteiger partial charge in [-0.3, -0.25) is 9.59 Å². The van der Waals surface area contributed by atoms with E-state index in [4.69, 9.17) is 0 Å². The Morgan fingerprint density at radius 3 is 2.18 bits per heavy atom. The summed E-state index contributed by atoms with van der Waals surface area (Å²) in [6, 6.07) is 16.8. The Morgan fingerprint density at radius 2 is 1.59 bits per heavy atom. The number of anilines is 1. The van der Waals surface area contributed by atoms with Gasteiger partial charge in [0.25, 0.3) is 0 Å². The first-order chi connectivity index (χ1) is 10.6. The van der Waals surface area contributed by atoms with E-state index in [1.165, 1.54) is 5.56 Å². The van der Waals surface area contributed by atoms with E-state index in [1.807, 2.05) is 49.4 Å². The van der Waals surface area contributed by atoms with Crippen molar-refractivity contribution in [1.29, 1.82) is 0 Å². The van der Waals surface area contributed by atoms with Gasteiger partial charge >= 0.3 is 11.8 Å². The van der Waals surface area contributed by atoms with E-state index in [0.29, 0.717) is 5.69 Å². The highest BCUT2D eigenvalue weighted by Crippen LogP contribution is 2.12. The Labute approximate surface area is 130 Å². The van der Waals surface area contributed by atoms with Crippen LogP contribution in [-0.2, 0) is 16.0 Å². The van der Waals surface area contributed by atoms with Gasteiger partial charge in [-0.25, -0.2) is 0 Å². The molecule has 0 unspecified atom stereocenters. The molecule has 0 aliphatic carbocycles. The van der Waals surface area contributed by atoms with Crippen LogP contribution in [0.15, 0.2) is 54.6 Å². The van der Waals surface area contributed by atoms with Crippen molar-refractivity contribution in [3.63, 3.8) is 0 Å². The molecule has 0 aromatic heterocycles.